The van der Waals surface area contributed by atoms with Gasteiger partial charge in [-0.05, 0) is 44.7 Å². The second-order valence-electron chi connectivity index (χ2n) is 5.71. The minimum absolute atomic E-state index is 0.00719. The van der Waals surface area contributed by atoms with Crippen LogP contribution in [0.4, 0.5) is 5.82 Å². The van der Waals surface area contributed by atoms with Crippen molar-refractivity contribution < 1.29 is 4.79 Å². The van der Waals surface area contributed by atoms with E-state index in [0.29, 0.717) is 13.1 Å². The number of aromatic nitrogens is 1. The topological polar surface area (TPSA) is 71.2 Å². The Balaban J connectivity index is 2.16. The molecule has 0 unspecified atom stereocenters. The predicted octanol–water partition coefficient (Wildman–Crippen LogP) is 0.990. The van der Waals surface area contributed by atoms with E-state index in [9.17, 15) is 4.79 Å². The molecule has 1 heterocycles. The summed E-state index contributed by atoms with van der Waals surface area (Å²) in [6.45, 7) is 4.66. The number of carbonyl (C=O) groups is 1. The van der Waals surface area contributed by atoms with Crippen molar-refractivity contribution in [1.82, 2.24) is 10.3 Å². The van der Waals surface area contributed by atoms with E-state index in [2.05, 4.69) is 11.4 Å². The second-order valence-corrected chi connectivity index (χ2v) is 5.71. The van der Waals surface area contributed by atoms with Gasteiger partial charge in [-0.3, -0.25) is 4.79 Å². The quantitative estimate of drug-likeness (QED) is 0.841. The zero-order valence-electron chi connectivity index (χ0n) is 12.6. The molecule has 1 aromatic rings. The summed E-state index contributed by atoms with van der Waals surface area (Å²) in [5, 5.41) is 2.89. The van der Waals surface area contributed by atoms with Gasteiger partial charge in [0.25, 0.3) is 0 Å². The lowest BCUT2D eigenvalue weighted by Gasteiger charge is -2.22. The molecular formula is C15H24N4O. The number of amides is 1. The summed E-state index contributed by atoms with van der Waals surface area (Å²) in [6.07, 6.45) is 3.28. The average molecular weight is 276 g/mol. The first-order valence-corrected chi connectivity index (χ1v) is 7.23. The molecule has 0 bridgehead atoms. The van der Waals surface area contributed by atoms with Gasteiger partial charge in [0.15, 0.2) is 0 Å². The first-order chi connectivity index (χ1) is 9.51. The van der Waals surface area contributed by atoms with E-state index in [1.165, 1.54) is 5.56 Å². The Morgan fingerprint density at radius 1 is 1.50 bits per heavy atom. The third-order valence-corrected chi connectivity index (χ3v) is 3.52. The van der Waals surface area contributed by atoms with Gasteiger partial charge in [-0.25, -0.2) is 4.98 Å². The number of nitrogens with one attached hydrogen (secondary N) is 1. The van der Waals surface area contributed by atoms with Gasteiger partial charge in [0.05, 0.1) is 6.54 Å². The molecule has 0 spiro atoms. The number of hydrogen-bond donors (Lipinski definition) is 2. The highest BCUT2D eigenvalue weighted by Gasteiger charge is 2.19. The van der Waals surface area contributed by atoms with Crippen LogP contribution in [0.3, 0.4) is 0 Å². The number of fused-ring (bicyclic) bond motifs is 1. The van der Waals surface area contributed by atoms with Crippen LogP contribution >= 0.6 is 0 Å². The molecule has 3 N–H and O–H groups in total. The number of rotatable bonds is 5. The highest BCUT2D eigenvalue weighted by atomic mass is 16.2. The number of nitrogens with zero attached hydrogens (tertiary/aromatic N) is 2. The predicted molar refractivity (Wildman–Crippen MR) is 80.7 cm³/mol. The van der Waals surface area contributed by atoms with Gasteiger partial charge in [-0.1, -0.05) is 0 Å². The van der Waals surface area contributed by atoms with Crippen LogP contribution in [0.25, 0.3) is 0 Å². The van der Waals surface area contributed by atoms with Crippen LogP contribution in [0, 0.1) is 0 Å². The molecule has 1 aliphatic carbocycles. The zero-order valence-corrected chi connectivity index (χ0v) is 12.6. The van der Waals surface area contributed by atoms with Crippen LogP contribution < -0.4 is 16.0 Å². The van der Waals surface area contributed by atoms with Gasteiger partial charge in [0.2, 0.25) is 5.91 Å². The summed E-state index contributed by atoms with van der Waals surface area (Å²) in [6, 6.07) is 2.31. The average Bonchev–Trinajstić information content (AvgIpc) is 2.82. The maximum absolute atomic E-state index is 11.9. The van der Waals surface area contributed by atoms with Gasteiger partial charge in [-0.2, -0.15) is 0 Å². The lowest BCUT2D eigenvalue weighted by molar-refractivity contribution is -0.120. The van der Waals surface area contributed by atoms with Crippen molar-refractivity contribution in [3.63, 3.8) is 0 Å². The molecule has 0 aromatic carbocycles. The lowest BCUT2D eigenvalue weighted by atomic mass is 10.1. The number of aryl methyl sites for hydroxylation is 2. The van der Waals surface area contributed by atoms with E-state index in [1.807, 2.05) is 25.8 Å². The molecule has 0 aliphatic heterocycles. The summed E-state index contributed by atoms with van der Waals surface area (Å²) < 4.78 is 0. The van der Waals surface area contributed by atoms with E-state index >= 15 is 0 Å². The molecule has 1 aliphatic rings. The largest absolute Gasteiger partial charge is 0.352 e. The van der Waals surface area contributed by atoms with Crippen molar-refractivity contribution in [2.75, 3.05) is 18.5 Å². The summed E-state index contributed by atoms with van der Waals surface area (Å²) in [4.78, 5) is 18.5. The van der Waals surface area contributed by atoms with E-state index in [4.69, 9.17) is 10.7 Å². The minimum atomic E-state index is 0.00719. The maximum Gasteiger partial charge on any atom is 0.239 e. The van der Waals surface area contributed by atoms with Crippen molar-refractivity contribution in [2.24, 2.45) is 5.73 Å². The van der Waals surface area contributed by atoms with Crippen LogP contribution in [-0.4, -0.2) is 30.5 Å². The highest BCUT2D eigenvalue weighted by Crippen LogP contribution is 2.26. The van der Waals surface area contributed by atoms with Crippen molar-refractivity contribution in [2.45, 2.75) is 45.7 Å². The maximum atomic E-state index is 11.9. The number of carbonyl (C=O) groups excluding carboxylic acids is 1. The molecule has 5 heteroatoms. The van der Waals surface area contributed by atoms with Gasteiger partial charge in [-0.15, -0.1) is 0 Å². The Bertz CT molecular complexity index is 499. The van der Waals surface area contributed by atoms with Crippen LogP contribution in [0.2, 0.25) is 0 Å². The van der Waals surface area contributed by atoms with E-state index in [-0.39, 0.29) is 11.9 Å². The number of likely N-dealkylation sites (N-methyl/N-ethyl adjacent to an activating group) is 1. The number of pyridine rings is 1. The fourth-order valence-electron chi connectivity index (χ4n) is 2.65. The van der Waals surface area contributed by atoms with Crippen molar-refractivity contribution in [3.05, 3.63) is 22.9 Å². The van der Waals surface area contributed by atoms with Crippen LogP contribution in [0.5, 0.6) is 0 Å². The van der Waals surface area contributed by atoms with Crippen LogP contribution in [0.1, 0.15) is 37.1 Å². The summed E-state index contributed by atoms with van der Waals surface area (Å²) in [5.41, 5.74) is 9.32. The molecule has 0 saturated carbocycles. The van der Waals surface area contributed by atoms with Gasteiger partial charge in [0, 0.05) is 30.9 Å². The monoisotopic (exact) mass is 276 g/mol. The Morgan fingerprint density at radius 2 is 2.25 bits per heavy atom. The first kappa shape index (κ1) is 14.8. The number of anilines is 1. The summed E-state index contributed by atoms with van der Waals surface area (Å²) in [5.74, 6) is 0.847. The Labute approximate surface area is 120 Å². The third kappa shape index (κ3) is 3.28. The van der Waals surface area contributed by atoms with E-state index in [1.54, 1.807) is 0 Å². The molecule has 1 amide bonds. The molecule has 0 atom stereocenters. The number of nitrogens with two attached hydrogens (primary N) is 1. The van der Waals surface area contributed by atoms with Gasteiger partial charge in [0.1, 0.15) is 5.82 Å². The Morgan fingerprint density at radius 3 is 2.90 bits per heavy atom. The number of hydrogen-bond acceptors (Lipinski definition) is 4. The Kier molecular flexibility index (Phi) is 4.60. The standard InChI is InChI=1S/C15H24N4O/c1-10(2)17-14(20)9-19(3)15-12(8-16)7-11-5-4-6-13(11)18-15/h7,10H,4-6,8-9,16H2,1-3H3,(H,17,20). The van der Waals surface area contributed by atoms with E-state index in [0.717, 1.165) is 36.3 Å². The normalized spacial score (nSPS) is 13.4. The van der Waals surface area contributed by atoms with Crippen molar-refractivity contribution in [3.8, 4) is 0 Å². The zero-order chi connectivity index (χ0) is 14.7. The lowest BCUT2D eigenvalue weighted by Crippen LogP contribution is -2.39. The van der Waals surface area contributed by atoms with Crippen LogP contribution in [-0.2, 0) is 24.2 Å². The molecular weight excluding hydrogens is 252 g/mol. The SMILES string of the molecule is CC(C)NC(=O)CN(C)c1nc2c(cc1CN)CCC2. The molecule has 0 saturated heterocycles. The fourth-order valence-corrected chi connectivity index (χ4v) is 2.65. The molecule has 0 fully saturated rings. The molecule has 110 valence electrons. The summed E-state index contributed by atoms with van der Waals surface area (Å²) in [7, 11) is 1.89. The van der Waals surface area contributed by atoms with Gasteiger partial charge < -0.3 is 16.0 Å². The Hall–Kier alpha value is -1.62. The van der Waals surface area contributed by atoms with Gasteiger partial charge >= 0.3 is 0 Å². The molecule has 20 heavy (non-hydrogen) atoms. The molecule has 0 radical (unpaired) electrons. The summed E-state index contributed by atoms with van der Waals surface area (Å²) >= 11 is 0. The molecule has 1 aromatic heterocycles. The smallest absolute Gasteiger partial charge is 0.239 e. The van der Waals surface area contributed by atoms with E-state index < -0.39 is 0 Å². The van der Waals surface area contributed by atoms with Crippen molar-refractivity contribution in [1.29, 1.82) is 0 Å². The highest BCUT2D eigenvalue weighted by molar-refractivity contribution is 5.81. The minimum Gasteiger partial charge on any atom is -0.352 e. The first-order valence-electron chi connectivity index (χ1n) is 7.23. The molecule has 5 nitrogen and oxygen atoms in total. The fraction of sp³-hybridized carbons (Fsp3) is 0.600. The van der Waals surface area contributed by atoms with Crippen LogP contribution in [0.15, 0.2) is 6.07 Å². The third-order valence-electron chi connectivity index (χ3n) is 3.52. The molecule has 2 rings (SSSR count). The van der Waals surface area contributed by atoms with Crippen molar-refractivity contribution >= 4 is 11.7 Å². The second kappa shape index (κ2) is 6.22.